The van der Waals surface area contributed by atoms with Gasteiger partial charge >= 0.3 is 0 Å². The number of amides is 1. The third kappa shape index (κ3) is 2.50. The fourth-order valence-electron chi connectivity index (χ4n) is 2.39. The molecule has 0 aromatic heterocycles. The predicted molar refractivity (Wildman–Crippen MR) is 88.7 cm³/mol. The lowest BCUT2D eigenvalue weighted by molar-refractivity contribution is -0.118. The number of hydrogen-bond acceptors (Lipinski definition) is 3. The van der Waals surface area contributed by atoms with E-state index in [0.29, 0.717) is 4.86 Å². The lowest BCUT2D eigenvalue weighted by Gasteiger charge is -2.15. The van der Waals surface area contributed by atoms with Gasteiger partial charge in [-0.05, 0) is 24.6 Å². The molecule has 21 heavy (non-hydrogen) atoms. The molecule has 3 rings (SSSR count). The van der Waals surface area contributed by atoms with E-state index in [1.54, 1.807) is 0 Å². The zero-order chi connectivity index (χ0) is 14.8. The van der Waals surface area contributed by atoms with Gasteiger partial charge in [0.2, 0.25) is 0 Å². The average molecular weight is 294 g/mol. The number of rotatable bonds is 3. The number of hydrazone groups is 1. The van der Waals surface area contributed by atoms with E-state index >= 15 is 0 Å². The van der Waals surface area contributed by atoms with E-state index in [9.17, 15) is 4.79 Å². The molecule has 1 aliphatic heterocycles. The maximum atomic E-state index is 12.7. The summed E-state index contributed by atoms with van der Waals surface area (Å²) in [6, 6.07) is 19.0. The normalized spacial score (nSPS) is 17.8. The van der Waals surface area contributed by atoms with Crippen molar-refractivity contribution in [2.45, 2.75) is 6.92 Å². The second-order valence-electron chi connectivity index (χ2n) is 4.89. The minimum atomic E-state index is -0.456. The molecule has 0 aliphatic carbocycles. The number of carbonyl (C=O) groups is 1. The third-order valence-electron chi connectivity index (χ3n) is 3.45. The third-order valence-corrected chi connectivity index (χ3v) is 3.92. The van der Waals surface area contributed by atoms with Crippen LogP contribution in [-0.2, 0) is 4.79 Å². The van der Waals surface area contributed by atoms with Crippen LogP contribution in [-0.4, -0.2) is 16.5 Å². The molecular formula is C17H14N2OS. The fourth-order valence-corrected chi connectivity index (χ4v) is 2.80. The molecule has 4 heteroatoms. The zero-order valence-corrected chi connectivity index (χ0v) is 12.4. The molecule has 0 unspecified atom stereocenters. The average Bonchev–Trinajstić information content (AvgIpc) is 2.83. The summed E-state index contributed by atoms with van der Waals surface area (Å²) in [6.45, 7) is 1.85. The van der Waals surface area contributed by atoms with E-state index in [0.717, 1.165) is 17.0 Å². The number of nitrogens with zero attached hydrogens (tertiary/aromatic N) is 2. The van der Waals surface area contributed by atoms with Crippen molar-refractivity contribution in [1.29, 1.82) is 0 Å². The van der Waals surface area contributed by atoms with Crippen LogP contribution in [0, 0.1) is 5.92 Å². The molecule has 2 aromatic carbocycles. The van der Waals surface area contributed by atoms with Crippen molar-refractivity contribution < 1.29 is 4.79 Å². The van der Waals surface area contributed by atoms with Crippen molar-refractivity contribution in [2.75, 3.05) is 5.01 Å². The van der Waals surface area contributed by atoms with Gasteiger partial charge in [-0.3, -0.25) is 4.79 Å². The largest absolute Gasteiger partial charge is 0.271 e. The van der Waals surface area contributed by atoms with Crippen LogP contribution in [0.3, 0.4) is 0 Å². The van der Waals surface area contributed by atoms with Crippen molar-refractivity contribution in [3.63, 3.8) is 0 Å². The van der Waals surface area contributed by atoms with Crippen LogP contribution in [0.15, 0.2) is 65.8 Å². The van der Waals surface area contributed by atoms with Crippen molar-refractivity contribution in [2.24, 2.45) is 11.0 Å². The highest BCUT2D eigenvalue weighted by Gasteiger charge is 2.37. The molecule has 0 fully saturated rings. The van der Waals surface area contributed by atoms with E-state index in [2.05, 4.69) is 5.10 Å². The molecule has 0 saturated carbocycles. The first kappa shape index (κ1) is 13.6. The van der Waals surface area contributed by atoms with Gasteiger partial charge in [0, 0.05) is 4.86 Å². The molecule has 1 heterocycles. The summed E-state index contributed by atoms with van der Waals surface area (Å²) in [7, 11) is 0. The monoisotopic (exact) mass is 294 g/mol. The van der Waals surface area contributed by atoms with Gasteiger partial charge < -0.3 is 0 Å². The molecule has 3 nitrogen and oxygen atoms in total. The lowest BCUT2D eigenvalue weighted by atomic mass is 9.95. The quantitative estimate of drug-likeness (QED) is 0.641. The molecule has 1 atom stereocenters. The maximum absolute atomic E-state index is 12.7. The summed E-state index contributed by atoms with van der Waals surface area (Å²) in [5, 5.41) is 5.82. The Morgan fingerprint density at radius 3 is 2.24 bits per heavy atom. The Hall–Kier alpha value is -2.33. The SMILES string of the molecule is CC1=NN(c2ccccc2)C(=O)[C@H]1C(=S)c1ccccc1. The standard InChI is InChI=1S/C17H14N2OS/c1-12-15(16(21)13-8-4-2-5-9-13)17(20)19(18-12)14-10-6-3-7-11-14/h2-11,15H,1H3/t15-/m1/s1. The van der Waals surface area contributed by atoms with E-state index in [-0.39, 0.29) is 5.91 Å². The van der Waals surface area contributed by atoms with Crippen LogP contribution in [0.4, 0.5) is 5.69 Å². The van der Waals surface area contributed by atoms with Gasteiger partial charge in [0.1, 0.15) is 5.92 Å². The molecule has 2 aromatic rings. The smallest absolute Gasteiger partial charge is 0.261 e. The topological polar surface area (TPSA) is 32.7 Å². The highest BCUT2D eigenvalue weighted by Crippen LogP contribution is 2.26. The van der Waals surface area contributed by atoms with E-state index in [1.165, 1.54) is 5.01 Å². The molecule has 0 radical (unpaired) electrons. The Labute approximate surface area is 128 Å². The summed E-state index contributed by atoms with van der Waals surface area (Å²) in [6.07, 6.45) is 0. The summed E-state index contributed by atoms with van der Waals surface area (Å²) in [5.74, 6) is -0.546. The summed E-state index contributed by atoms with van der Waals surface area (Å²) in [5.41, 5.74) is 2.40. The van der Waals surface area contributed by atoms with Crippen molar-refractivity contribution in [3.8, 4) is 0 Å². The Morgan fingerprint density at radius 2 is 1.62 bits per heavy atom. The molecule has 104 valence electrons. The Bertz CT molecular complexity index is 710. The van der Waals surface area contributed by atoms with E-state index < -0.39 is 5.92 Å². The lowest BCUT2D eigenvalue weighted by Crippen LogP contribution is -2.32. The number of carbonyl (C=O) groups excluding carboxylic acids is 1. The number of benzene rings is 2. The molecule has 0 N–H and O–H groups in total. The molecule has 0 spiro atoms. The number of anilines is 1. The molecular weight excluding hydrogens is 280 g/mol. The molecule has 0 saturated heterocycles. The van der Waals surface area contributed by atoms with Gasteiger partial charge in [0.05, 0.1) is 11.4 Å². The van der Waals surface area contributed by atoms with Crippen molar-refractivity contribution in [3.05, 3.63) is 66.2 Å². The second-order valence-corrected chi connectivity index (χ2v) is 5.33. The number of hydrogen-bond donors (Lipinski definition) is 0. The minimum Gasteiger partial charge on any atom is -0.271 e. The Morgan fingerprint density at radius 1 is 1.05 bits per heavy atom. The summed E-state index contributed by atoms with van der Waals surface area (Å²) in [4.78, 5) is 13.3. The van der Waals surface area contributed by atoms with Gasteiger partial charge in [-0.2, -0.15) is 10.1 Å². The van der Waals surface area contributed by atoms with E-state index in [1.807, 2.05) is 67.6 Å². The highest BCUT2D eigenvalue weighted by molar-refractivity contribution is 7.81. The van der Waals surface area contributed by atoms with Crippen molar-refractivity contribution in [1.82, 2.24) is 0 Å². The Kier molecular flexibility index (Phi) is 3.62. The van der Waals surface area contributed by atoms with Gasteiger partial charge in [0.25, 0.3) is 5.91 Å². The first-order valence-electron chi connectivity index (χ1n) is 6.72. The van der Waals surface area contributed by atoms with E-state index in [4.69, 9.17) is 12.2 Å². The second kappa shape index (κ2) is 5.58. The van der Waals surface area contributed by atoms with Crippen LogP contribution >= 0.6 is 12.2 Å². The van der Waals surface area contributed by atoms with Gasteiger partial charge in [-0.25, -0.2) is 0 Å². The first-order valence-corrected chi connectivity index (χ1v) is 7.12. The molecule has 1 amide bonds. The van der Waals surface area contributed by atoms with Crippen LogP contribution in [0.25, 0.3) is 0 Å². The van der Waals surface area contributed by atoms with Crippen molar-refractivity contribution >= 4 is 34.4 Å². The first-order chi connectivity index (χ1) is 10.2. The van der Waals surface area contributed by atoms with Crippen LogP contribution in [0.2, 0.25) is 0 Å². The van der Waals surface area contributed by atoms with Crippen LogP contribution in [0.1, 0.15) is 12.5 Å². The fraction of sp³-hybridized carbons (Fsp3) is 0.118. The molecule has 0 bridgehead atoms. The van der Waals surface area contributed by atoms with Crippen LogP contribution < -0.4 is 5.01 Å². The minimum absolute atomic E-state index is 0.0902. The van der Waals surface area contributed by atoms with Gasteiger partial charge in [0.15, 0.2) is 0 Å². The molecule has 1 aliphatic rings. The number of para-hydroxylation sites is 1. The summed E-state index contributed by atoms with van der Waals surface area (Å²) >= 11 is 5.51. The summed E-state index contributed by atoms with van der Waals surface area (Å²) < 4.78 is 0. The van der Waals surface area contributed by atoms with Crippen LogP contribution in [0.5, 0.6) is 0 Å². The highest BCUT2D eigenvalue weighted by atomic mass is 32.1. The van der Waals surface area contributed by atoms with Gasteiger partial charge in [-0.1, -0.05) is 60.7 Å². The maximum Gasteiger partial charge on any atom is 0.261 e. The number of thiocarbonyl (C=S) groups is 1. The van der Waals surface area contributed by atoms with Gasteiger partial charge in [-0.15, -0.1) is 0 Å². The Balaban J connectivity index is 1.91. The zero-order valence-electron chi connectivity index (χ0n) is 11.6. The predicted octanol–water partition coefficient (Wildman–Crippen LogP) is 3.44.